The number of rotatable bonds is 11. The molecule has 0 spiro atoms. The fourth-order valence-corrected chi connectivity index (χ4v) is 15.0. The van der Waals surface area contributed by atoms with Crippen LogP contribution in [-0.4, -0.2) is 0 Å². The van der Waals surface area contributed by atoms with Crippen LogP contribution in [0, 0.1) is 0 Å². The van der Waals surface area contributed by atoms with Gasteiger partial charge in [-0.3, -0.25) is 0 Å². The Morgan fingerprint density at radius 1 is 0.233 bits per heavy atom. The van der Waals surface area contributed by atoms with Crippen LogP contribution < -0.4 is 9.80 Å². The second-order valence-electron chi connectivity index (χ2n) is 23.1. The number of benzene rings is 14. The van der Waals surface area contributed by atoms with E-state index in [0.717, 1.165) is 144 Å². The minimum Gasteiger partial charge on any atom is -0.456 e. The van der Waals surface area contributed by atoms with Crippen LogP contribution in [0.25, 0.3) is 142 Å². The number of furan rings is 3. The zero-order chi connectivity index (χ0) is 59.2. The summed E-state index contributed by atoms with van der Waals surface area (Å²) in [6.45, 7) is 0. The van der Waals surface area contributed by atoms with Crippen LogP contribution in [-0.2, 0) is 0 Å². The molecule has 0 saturated heterocycles. The lowest BCUT2D eigenvalue weighted by molar-refractivity contribution is 0.668. The third-order valence-corrected chi connectivity index (χ3v) is 19.1. The molecule has 6 heteroatoms. The summed E-state index contributed by atoms with van der Waals surface area (Å²) in [5.74, 6) is 0. The summed E-state index contributed by atoms with van der Waals surface area (Å²) >= 11 is 1.86. The molecule has 90 heavy (non-hydrogen) atoms. The van der Waals surface area contributed by atoms with Crippen molar-refractivity contribution >= 4 is 131 Å². The molecule has 4 aromatic heterocycles. The van der Waals surface area contributed by atoms with E-state index in [4.69, 9.17) is 13.3 Å². The van der Waals surface area contributed by atoms with Gasteiger partial charge in [0.2, 0.25) is 0 Å². The van der Waals surface area contributed by atoms with Crippen molar-refractivity contribution in [1.29, 1.82) is 0 Å². The SMILES string of the molecule is c1ccc(-c2cc(-c3ccc(-c4ccc5c(c4)sc4c(-c6ccccc6N(c6ccccc6)c6cccc7oc8ccccc8c67)cccc45)cc3)cc(N(c3ccc(-c4cccc5c4oc4ccccc45)cc3)c3cccc4oc5ccccc5c34)c2)cc1. The van der Waals surface area contributed by atoms with Crippen LogP contribution in [0.5, 0.6) is 0 Å². The zero-order valence-electron chi connectivity index (χ0n) is 48.5. The Bertz CT molecular complexity index is 5800. The first-order valence-corrected chi connectivity index (χ1v) is 31.3. The number of thiophene rings is 1. The first-order valence-electron chi connectivity index (χ1n) is 30.4. The summed E-state index contributed by atoms with van der Waals surface area (Å²) in [5, 5.41) is 9.02. The molecule has 0 aliphatic heterocycles. The number of nitrogens with zero attached hydrogens (tertiary/aromatic N) is 2. The van der Waals surface area contributed by atoms with Gasteiger partial charge in [-0.2, -0.15) is 0 Å². The van der Waals surface area contributed by atoms with Gasteiger partial charge in [0, 0.05) is 75.5 Å². The van der Waals surface area contributed by atoms with Crippen LogP contribution in [0.1, 0.15) is 0 Å². The van der Waals surface area contributed by atoms with Crippen LogP contribution in [0.4, 0.5) is 34.1 Å². The fourth-order valence-electron chi connectivity index (χ4n) is 13.7. The van der Waals surface area contributed by atoms with E-state index in [1.165, 1.54) is 31.3 Å². The Morgan fingerprint density at radius 2 is 0.700 bits per heavy atom. The Morgan fingerprint density at radius 3 is 1.39 bits per heavy atom. The van der Waals surface area contributed by atoms with Crippen molar-refractivity contribution in [3.63, 3.8) is 0 Å². The highest BCUT2D eigenvalue weighted by Gasteiger charge is 2.25. The highest BCUT2D eigenvalue weighted by molar-refractivity contribution is 7.26. The van der Waals surface area contributed by atoms with E-state index in [2.05, 4.69) is 301 Å². The second-order valence-corrected chi connectivity index (χ2v) is 24.1. The summed E-state index contributed by atoms with van der Waals surface area (Å²) in [6, 6.07) is 113. The van der Waals surface area contributed by atoms with E-state index in [1.807, 2.05) is 35.6 Å². The standard InChI is InChI=1S/C84H52N2O3S/c1-3-19-53(20-4-1)58-49-59(51-62(50-58)85(73-32-17-37-78-81(73)70-25-9-13-35-76(70)87-78)61-46-43-56(44-47-61)63-27-15-28-67-65-24-8-12-34-75(65)89-83(63)67)55-41-39-54(40-42-55)57-45-48-66-69-30-16-29-68(84(69)90-80(66)52-57)64-23-7-11-31-72(64)86(60-21-5-2-6-22-60)74-33-18-38-79-82(74)71-26-10-14-36-77(71)88-79/h1-52H. The van der Waals surface area contributed by atoms with Crippen LogP contribution in [0.15, 0.2) is 329 Å². The van der Waals surface area contributed by atoms with E-state index in [-0.39, 0.29) is 0 Å². The van der Waals surface area contributed by atoms with Crippen molar-refractivity contribution in [3.05, 3.63) is 315 Å². The summed E-state index contributed by atoms with van der Waals surface area (Å²) in [5.41, 5.74) is 22.8. The van der Waals surface area contributed by atoms with E-state index >= 15 is 0 Å². The maximum Gasteiger partial charge on any atom is 0.143 e. The topological polar surface area (TPSA) is 45.9 Å². The highest BCUT2D eigenvalue weighted by Crippen LogP contribution is 2.50. The molecule has 0 N–H and O–H groups in total. The van der Waals surface area contributed by atoms with Gasteiger partial charge in [0.25, 0.3) is 0 Å². The number of hydrogen-bond donors (Lipinski definition) is 0. The van der Waals surface area contributed by atoms with Gasteiger partial charge in [0.05, 0.1) is 27.8 Å². The van der Waals surface area contributed by atoms with Crippen molar-refractivity contribution in [2.75, 3.05) is 9.80 Å². The van der Waals surface area contributed by atoms with Crippen molar-refractivity contribution in [3.8, 4) is 55.6 Å². The lowest BCUT2D eigenvalue weighted by Gasteiger charge is -2.28. The molecule has 0 fully saturated rings. The molecule has 0 amide bonds. The molecule has 5 nitrogen and oxygen atoms in total. The number of fused-ring (bicyclic) bond motifs is 12. The molecule has 0 saturated carbocycles. The molecule has 4 heterocycles. The van der Waals surface area contributed by atoms with Crippen LogP contribution in [0.2, 0.25) is 0 Å². The van der Waals surface area contributed by atoms with Gasteiger partial charge in [-0.25, -0.2) is 0 Å². The Labute approximate surface area is 522 Å². The average Bonchev–Trinajstić information content (AvgIpc) is 1.52. The fraction of sp³-hybridized carbons (Fsp3) is 0. The summed E-state index contributed by atoms with van der Waals surface area (Å²) in [6.07, 6.45) is 0. The molecule has 18 rings (SSSR count). The average molecular weight is 1170 g/mol. The molecule has 14 aromatic carbocycles. The molecule has 422 valence electrons. The summed E-state index contributed by atoms with van der Waals surface area (Å²) in [4.78, 5) is 4.79. The smallest absolute Gasteiger partial charge is 0.143 e. The van der Waals surface area contributed by atoms with Gasteiger partial charge in [0.15, 0.2) is 0 Å². The third kappa shape index (κ3) is 8.52. The van der Waals surface area contributed by atoms with Crippen molar-refractivity contribution < 1.29 is 13.3 Å². The Hall–Kier alpha value is -11.7. The van der Waals surface area contributed by atoms with Gasteiger partial charge in [-0.15, -0.1) is 11.3 Å². The van der Waals surface area contributed by atoms with E-state index in [9.17, 15) is 0 Å². The van der Waals surface area contributed by atoms with Gasteiger partial charge in [-0.05, 0) is 136 Å². The predicted octanol–water partition coefficient (Wildman–Crippen LogP) is 25.0. The minimum atomic E-state index is 0.834. The van der Waals surface area contributed by atoms with E-state index in [1.54, 1.807) is 0 Å². The van der Waals surface area contributed by atoms with Gasteiger partial charge < -0.3 is 23.1 Å². The lowest BCUT2D eigenvalue weighted by Crippen LogP contribution is -2.11. The first kappa shape index (κ1) is 51.5. The molecule has 18 aromatic rings. The highest BCUT2D eigenvalue weighted by atomic mass is 32.1. The number of para-hydroxylation sites is 6. The normalized spacial score (nSPS) is 11.8. The zero-order valence-corrected chi connectivity index (χ0v) is 49.4. The lowest BCUT2D eigenvalue weighted by atomic mass is 9.95. The molecule has 0 aliphatic carbocycles. The molecule has 0 aliphatic rings. The minimum absolute atomic E-state index is 0.834. The molecule has 0 radical (unpaired) electrons. The molecule has 0 unspecified atom stereocenters. The predicted molar refractivity (Wildman–Crippen MR) is 378 cm³/mol. The second kappa shape index (κ2) is 21.0. The number of hydrogen-bond acceptors (Lipinski definition) is 6. The maximum atomic E-state index is 6.57. The molecule has 0 bridgehead atoms. The largest absolute Gasteiger partial charge is 0.456 e. The van der Waals surface area contributed by atoms with E-state index in [0.29, 0.717) is 0 Å². The van der Waals surface area contributed by atoms with E-state index < -0.39 is 0 Å². The third-order valence-electron chi connectivity index (χ3n) is 17.9. The van der Waals surface area contributed by atoms with Crippen molar-refractivity contribution in [2.45, 2.75) is 0 Å². The molecular weight excluding hydrogens is 1120 g/mol. The molecular formula is C84H52N2O3S. The Balaban J connectivity index is 0.734. The van der Waals surface area contributed by atoms with Crippen LogP contribution >= 0.6 is 11.3 Å². The quantitative estimate of drug-likeness (QED) is 0.129. The van der Waals surface area contributed by atoms with Gasteiger partial charge in [0.1, 0.15) is 33.5 Å². The molecule has 0 atom stereocenters. The number of anilines is 6. The van der Waals surface area contributed by atoms with Gasteiger partial charge in [-0.1, -0.05) is 218 Å². The van der Waals surface area contributed by atoms with Crippen LogP contribution in [0.3, 0.4) is 0 Å². The van der Waals surface area contributed by atoms with Crippen molar-refractivity contribution in [1.82, 2.24) is 0 Å². The summed E-state index contributed by atoms with van der Waals surface area (Å²) in [7, 11) is 0. The van der Waals surface area contributed by atoms with Crippen molar-refractivity contribution in [2.24, 2.45) is 0 Å². The summed E-state index contributed by atoms with van der Waals surface area (Å²) < 4.78 is 22.1. The maximum absolute atomic E-state index is 6.57. The first-order chi connectivity index (χ1) is 44.6. The monoisotopic (exact) mass is 1170 g/mol. The Kier molecular flexibility index (Phi) is 12.0. The van der Waals surface area contributed by atoms with Gasteiger partial charge >= 0.3 is 0 Å².